The van der Waals surface area contributed by atoms with Crippen molar-refractivity contribution >= 4 is 18.0 Å². The molecule has 25 heavy (non-hydrogen) atoms. The van der Waals surface area contributed by atoms with Crippen molar-refractivity contribution in [2.24, 2.45) is 0 Å². The topological polar surface area (TPSA) is 93.7 Å². The van der Waals surface area contributed by atoms with E-state index in [9.17, 15) is 14.4 Å². The lowest BCUT2D eigenvalue weighted by Crippen LogP contribution is -2.52. The zero-order valence-electron chi connectivity index (χ0n) is 16.1. The Morgan fingerprint density at radius 3 is 1.92 bits per heavy atom. The molecule has 0 aliphatic rings. The molecular formula is C18H34N2O5. The van der Waals surface area contributed by atoms with Crippen molar-refractivity contribution in [3.63, 3.8) is 0 Å². The Balaban J connectivity index is 4.85. The van der Waals surface area contributed by atoms with E-state index in [1.807, 2.05) is 20.8 Å². The monoisotopic (exact) mass is 358 g/mol. The molecule has 0 aliphatic carbocycles. The maximum absolute atomic E-state index is 12.6. The lowest BCUT2D eigenvalue weighted by Gasteiger charge is -2.22. The van der Waals surface area contributed by atoms with E-state index in [-0.39, 0.29) is 12.5 Å². The number of carbonyl (C=O) groups excluding carboxylic acids is 3. The molecule has 0 saturated carbocycles. The Morgan fingerprint density at radius 1 is 0.800 bits per heavy atom. The highest BCUT2D eigenvalue weighted by molar-refractivity contribution is 5.89. The lowest BCUT2D eigenvalue weighted by molar-refractivity contribution is -0.147. The number of hydrogen-bond acceptors (Lipinski definition) is 5. The standard InChI is InChI=1S/C18H34N2O5/c1-5-9-11-14(20-18(23)25-13-7-3)16(21)19-15(12-10-6-2)17(22)24-8-4/h14-15H,5-13H2,1-4H3,(H,19,21)(H,20,23). The summed E-state index contributed by atoms with van der Waals surface area (Å²) in [6.45, 7) is 8.21. The van der Waals surface area contributed by atoms with E-state index < -0.39 is 24.1 Å². The molecule has 0 bridgehead atoms. The second kappa shape index (κ2) is 14.5. The maximum atomic E-state index is 12.6. The first-order valence-corrected chi connectivity index (χ1v) is 9.40. The smallest absolute Gasteiger partial charge is 0.407 e. The number of alkyl carbamates (subject to hydrolysis) is 1. The van der Waals surface area contributed by atoms with Crippen LogP contribution < -0.4 is 10.6 Å². The van der Waals surface area contributed by atoms with E-state index in [4.69, 9.17) is 9.47 Å². The number of hydrogen-bond donors (Lipinski definition) is 2. The van der Waals surface area contributed by atoms with Crippen molar-refractivity contribution in [2.45, 2.75) is 84.7 Å². The molecule has 0 spiro atoms. The number of unbranched alkanes of at least 4 members (excludes halogenated alkanes) is 2. The fourth-order valence-corrected chi connectivity index (χ4v) is 2.23. The first-order valence-electron chi connectivity index (χ1n) is 9.40. The SMILES string of the molecule is CCCCC(NC(=O)OCCC)C(=O)NC(CCCC)C(=O)OCC. The molecule has 0 aromatic rings. The minimum Gasteiger partial charge on any atom is -0.464 e. The number of amides is 2. The van der Waals surface area contributed by atoms with Gasteiger partial charge >= 0.3 is 12.1 Å². The van der Waals surface area contributed by atoms with Crippen molar-refractivity contribution in [3.8, 4) is 0 Å². The molecular weight excluding hydrogens is 324 g/mol. The van der Waals surface area contributed by atoms with Gasteiger partial charge in [0.1, 0.15) is 12.1 Å². The highest BCUT2D eigenvalue weighted by Gasteiger charge is 2.27. The Kier molecular flexibility index (Phi) is 13.5. The van der Waals surface area contributed by atoms with Crippen LogP contribution in [-0.4, -0.2) is 43.3 Å². The molecule has 0 saturated heterocycles. The van der Waals surface area contributed by atoms with Gasteiger partial charge in [0.05, 0.1) is 13.2 Å². The molecule has 0 aliphatic heterocycles. The van der Waals surface area contributed by atoms with Gasteiger partial charge in [-0.25, -0.2) is 9.59 Å². The summed E-state index contributed by atoms with van der Waals surface area (Å²) >= 11 is 0. The molecule has 146 valence electrons. The third-order valence-corrected chi connectivity index (χ3v) is 3.63. The first kappa shape index (κ1) is 23.2. The van der Waals surface area contributed by atoms with E-state index in [1.165, 1.54) is 0 Å². The molecule has 7 nitrogen and oxygen atoms in total. The van der Waals surface area contributed by atoms with Crippen LogP contribution in [0.3, 0.4) is 0 Å². The summed E-state index contributed by atoms with van der Waals surface area (Å²) in [5.74, 6) is -0.817. The van der Waals surface area contributed by atoms with Gasteiger partial charge in [0, 0.05) is 0 Å². The predicted molar refractivity (Wildman–Crippen MR) is 96.2 cm³/mol. The Bertz CT molecular complexity index is 401. The number of nitrogens with one attached hydrogen (secondary N) is 2. The zero-order valence-corrected chi connectivity index (χ0v) is 16.1. The highest BCUT2D eigenvalue weighted by atomic mass is 16.5. The molecule has 2 atom stereocenters. The maximum Gasteiger partial charge on any atom is 0.407 e. The third kappa shape index (κ3) is 10.6. The molecule has 2 N–H and O–H groups in total. The van der Waals surface area contributed by atoms with Crippen LogP contribution in [0.1, 0.15) is 72.6 Å². The minimum absolute atomic E-state index is 0.262. The highest BCUT2D eigenvalue weighted by Crippen LogP contribution is 2.06. The van der Waals surface area contributed by atoms with E-state index in [0.29, 0.717) is 25.9 Å². The molecule has 0 fully saturated rings. The van der Waals surface area contributed by atoms with Crippen molar-refractivity contribution in [1.29, 1.82) is 0 Å². The van der Waals surface area contributed by atoms with Crippen LogP contribution in [0.15, 0.2) is 0 Å². The lowest BCUT2D eigenvalue weighted by atomic mass is 10.1. The Hall–Kier alpha value is -1.79. The predicted octanol–water partition coefficient (Wildman–Crippen LogP) is 2.92. The molecule has 0 aromatic carbocycles. The minimum atomic E-state index is -0.720. The number of esters is 1. The molecule has 7 heteroatoms. The quantitative estimate of drug-likeness (QED) is 0.494. The summed E-state index contributed by atoms with van der Waals surface area (Å²) in [6, 6.07) is -1.41. The number of rotatable bonds is 13. The van der Waals surface area contributed by atoms with Gasteiger partial charge < -0.3 is 20.1 Å². The number of carbonyl (C=O) groups is 3. The molecule has 0 aromatic heterocycles. The van der Waals surface area contributed by atoms with Crippen LogP contribution in [0.2, 0.25) is 0 Å². The summed E-state index contributed by atoms with van der Waals surface area (Å²) in [5.41, 5.74) is 0. The second-order valence-corrected chi connectivity index (χ2v) is 5.93. The first-order chi connectivity index (χ1) is 12.0. The fourth-order valence-electron chi connectivity index (χ4n) is 2.23. The van der Waals surface area contributed by atoms with E-state index in [2.05, 4.69) is 10.6 Å². The average Bonchev–Trinajstić information content (AvgIpc) is 2.60. The van der Waals surface area contributed by atoms with E-state index in [0.717, 1.165) is 25.7 Å². The normalized spacial score (nSPS) is 12.8. The molecule has 0 heterocycles. The van der Waals surface area contributed by atoms with E-state index >= 15 is 0 Å². The van der Waals surface area contributed by atoms with Gasteiger partial charge in [-0.3, -0.25) is 4.79 Å². The molecule has 0 radical (unpaired) electrons. The van der Waals surface area contributed by atoms with Gasteiger partial charge in [0.15, 0.2) is 0 Å². The fraction of sp³-hybridized carbons (Fsp3) is 0.833. The summed E-state index contributed by atoms with van der Waals surface area (Å²) in [6.07, 6.45) is 4.50. The average molecular weight is 358 g/mol. The second-order valence-electron chi connectivity index (χ2n) is 5.93. The van der Waals surface area contributed by atoms with Gasteiger partial charge in [-0.05, 0) is 26.2 Å². The van der Waals surface area contributed by atoms with Crippen molar-refractivity contribution < 1.29 is 23.9 Å². The van der Waals surface area contributed by atoms with Crippen molar-refractivity contribution in [3.05, 3.63) is 0 Å². The zero-order chi connectivity index (χ0) is 19.1. The summed E-state index contributed by atoms with van der Waals surface area (Å²) < 4.78 is 10.0. The molecule has 2 unspecified atom stereocenters. The van der Waals surface area contributed by atoms with E-state index in [1.54, 1.807) is 6.92 Å². The van der Waals surface area contributed by atoms with Crippen molar-refractivity contribution in [2.75, 3.05) is 13.2 Å². The van der Waals surface area contributed by atoms with Gasteiger partial charge in [0.25, 0.3) is 0 Å². The molecule has 2 amide bonds. The van der Waals surface area contributed by atoms with Crippen LogP contribution in [0.5, 0.6) is 0 Å². The van der Waals surface area contributed by atoms with Gasteiger partial charge in [-0.15, -0.1) is 0 Å². The Labute approximate surface area is 151 Å². The third-order valence-electron chi connectivity index (χ3n) is 3.63. The van der Waals surface area contributed by atoms with Crippen molar-refractivity contribution in [1.82, 2.24) is 10.6 Å². The summed E-state index contributed by atoms with van der Waals surface area (Å²) in [7, 11) is 0. The van der Waals surface area contributed by atoms with Crippen LogP contribution in [0.25, 0.3) is 0 Å². The largest absolute Gasteiger partial charge is 0.464 e. The summed E-state index contributed by atoms with van der Waals surface area (Å²) in [5, 5.41) is 5.32. The van der Waals surface area contributed by atoms with Crippen LogP contribution in [-0.2, 0) is 19.1 Å². The van der Waals surface area contributed by atoms with Gasteiger partial charge in [0.2, 0.25) is 5.91 Å². The van der Waals surface area contributed by atoms with Gasteiger partial charge in [-0.2, -0.15) is 0 Å². The number of ether oxygens (including phenoxy) is 2. The van der Waals surface area contributed by atoms with Gasteiger partial charge in [-0.1, -0.05) is 46.5 Å². The van der Waals surface area contributed by atoms with Crippen LogP contribution in [0.4, 0.5) is 4.79 Å². The van der Waals surface area contributed by atoms with Crippen LogP contribution >= 0.6 is 0 Å². The Morgan fingerprint density at radius 2 is 1.40 bits per heavy atom. The molecule has 0 rings (SSSR count). The summed E-state index contributed by atoms with van der Waals surface area (Å²) in [4.78, 5) is 36.4. The van der Waals surface area contributed by atoms with Crippen LogP contribution in [0, 0.1) is 0 Å².